The van der Waals surface area contributed by atoms with E-state index in [1.54, 1.807) is 13.2 Å². The second-order valence-corrected chi connectivity index (χ2v) is 6.33. The molecule has 1 aliphatic rings. The monoisotopic (exact) mass is 331 g/mol. The van der Waals surface area contributed by atoms with Crippen LogP contribution >= 0.6 is 0 Å². The molecule has 0 heterocycles. The number of nitrogens with zero attached hydrogens (tertiary/aromatic N) is 1. The van der Waals surface area contributed by atoms with Crippen LogP contribution in [-0.4, -0.2) is 37.6 Å². The van der Waals surface area contributed by atoms with Crippen molar-refractivity contribution in [3.05, 3.63) is 29.8 Å². The summed E-state index contributed by atoms with van der Waals surface area (Å²) in [6.07, 6.45) is 10.4. The highest BCUT2D eigenvalue weighted by Gasteiger charge is 2.20. The Morgan fingerprint density at radius 2 is 2.00 bits per heavy atom. The summed E-state index contributed by atoms with van der Waals surface area (Å²) >= 11 is 0. The van der Waals surface area contributed by atoms with Gasteiger partial charge >= 0.3 is 0 Å². The third-order valence-electron chi connectivity index (χ3n) is 4.54. The molecule has 0 N–H and O–H groups in total. The Morgan fingerprint density at radius 3 is 2.67 bits per heavy atom. The van der Waals surface area contributed by atoms with Gasteiger partial charge in [0.2, 0.25) is 5.91 Å². The lowest BCUT2D eigenvalue weighted by atomic mass is 9.94. The molecule has 0 spiro atoms. The van der Waals surface area contributed by atoms with E-state index in [9.17, 15) is 4.79 Å². The molecule has 2 rings (SSSR count). The molecule has 1 aromatic rings. The molecule has 0 bridgehead atoms. The predicted molar refractivity (Wildman–Crippen MR) is 97.5 cm³/mol. The molecule has 0 unspecified atom stereocenters. The molecule has 1 aliphatic carbocycles. The summed E-state index contributed by atoms with van der Waals surface area (Å²) in [5, 5.41) is 0. The van der Waals surface area contributed by atoms with Gasteiger partial charge in [0.1, 0.15) is 0 Å². The molecule has 0 radical (unpaired) electrons. The van der Waals surface area contributed by atoms with Gasteiger partial charge in [0.25, 0.3) is 0 Å². The maximum absolute atomic E-state index is 12.4. The van der Waals surface area contributed by atoms with Gasteiger partial charge in [-0.05, 0) is 43.0 Å². The van der Waals surface area contributed by atoms with E-state index in [1.165, 1.54) is 19.3 Å². The number of benzene rings is 1. The van der Waals surface area contributed by atoms with Crippen molar-refractivity contribution in [1.29, 1.82) is 0 Å². The van der Waals surface area contributed by atoms with Crippen molar-refractivity contribution >= 4 is 12.0 Å². The van der Waals surface area contributed by atoms with Crippen LogP contribution in [0.2, 0.25) is 0 Å². The first-order chi connectivity index (χ1) is 11.7. The molecule has 0 aromatic heterocycles. The predicted octanol–water partition coefficient (Wildman–Crippen LogP) is 4.29. The minimum atomic E-state index is 0.0622. The largest absolute Gasteiger partial charge is 0.493 e. The lowest BCUT2D eigenvalue weighted by Gasteiger charge is -2.30. The lowest BCUT2D eigenvalue weighted by Crippen LogP contribution is -2.37. The molecule has 4 heteroatoms. The topological polar surface area (TPSA) is 38.8 Å². The fourth-order valence-corrected chi connectivity index (χ4v) is 3.05. The zero-order chi connectivity index (χ0) is 17.4. The normalized spacial score (nSPS) is 15.5. The van der Waals surface area contributed by atoms with Gasteiger partial charge < -0.3 is 14.4 Å². The van der Waals surface area contributed by atoms with Gasteiger partial charge in [-0.2, -0.15) is 0 Å². The van der Waals surface area contributed by atoms with E-state index in [2.05, 4.69) is 6.92 Å². The van der Waals surface area contributed by atoms with Crippen LogP contribution in [0.25, 0.3) is 6.08 Å². The van der Waals surface area contributed by atoms with Crippen molar-refractivity contribution in [3.8, 4) is 11.5 Å². The van der Waals surface area contributed by atoms with E-state index in [1.807, 2.05) is 36.2 Å². The summed E-state index contributed by atoms with van der Waals surface area (Å²) in [7, 11) is 3.54. The van der Waals surface area contributed by atoms with Crippen molar-refractivity contribution in [1.82, 2.24) is 4.90 Å². The van der Waals surface area contributed by atoms with Gasteiger partial charge in [-0.3, -0.25) is 4.79 Å². The minimum Gasteiger partial charge on any atom is -0.493 e. The second-order valence-electron chi connectivity index (χ2n) is 6.33. The molecule has 0 saturated heterocycles. The van der Waals surface area contributed by atoms with Gasteiger partial charge in [0, 0.05) is 19.2 Å². The highest BCUT2D eigenvalue weighted by Crippen LogP contribution is 2.29. The van der Waals surface area contributed by atoms with Gasteiger partial charge in [0.05, 0.1) is 13.7 Å². The lowest BCUT2D eigenvalue weighted by molar-refractivity contribution is -0.127. The third-order valence-corrected chi connectivity index (χ3v) is 4.54. The number of carbonyl (C=O) groups is 1. The smallest absolute Gasteiger partial charge is 0.246 e. The maximum Gasteiger partial charge on any atom is 0.246 e. The van der Waals surface area contributed by atoms with Gasteiger partial charge in [-0.25, -0.2) is 0 Å². The number of methoxy groups -OCH3 is 1. The van der Waals surface area contributed by atoms with Crippen molar-refractivity contribution in [2.24, 2.45) is 0 Å². The van der Waals surface area contributed by atoms with Crippen LogP contribution in [0.1, 0.15) is 51.0 Å². The number of hydrogen-bond donors (Lipinski definition) is 0. The maximum atomic E-state index is 12.4. The van der Waals surface area contributed by atoms with E-state index < -0.39 is 0 Å². The zero-order valence-electron chi connectivity index (χ0n) is 15.1. The Labute approximate surface area is 145 Å². The summed E-state index contributed by atoms with van der Waals surface area (Å²) in [5.41, 5.74) is 0.932. The van der Waals surface area contributed by atoms with Crippen LogP contribution in [0.3, 0.4) is 0 Å². The van der Waals surface area contributed by atoms with E-state index in [0.29, 0.717) is 18.4 Å². The van der Waals surface area contributed by atoms with E-state index in [0.717, 1.165) is 30.6 Å². The fourth-order valence-electron chi connectivity index (χ4n) is 3.05. The highest BCUT2D eigenvalue weighted by molar-refractivity contribution is 5.91. The van der Waals surface area contributed by atoms with Crippen molar-refractivity contribution in [2.75, 3.05) is 20.8 Å². The Hall–Kier alpha value is -1.97. The van der Waals surface area contributed by atoms with Crippen LogP contribution < -0.4 is 9.47 Å². The van der Waals surface area contributed by atoms with E-state index in [-0.39, 0.29) is 5.91 Å². The quantitative estimate of drug-likeness (QED) is 0.700. The van der Waals surface area contributed by atoms with Crippen molar-refractivity contribution in [3.63, 3.8) is 0 Å². The molecule has 132 valence electrons. The van der Waals surface area contributed by atoms with Gasteiger partial charge in [0.15, 0.2) is 11.5 Å². The Bertz CT molecular complexity index is 562. The van der Waals surface area contributed by atoms with Gasteiger partial charge in [-0.1, -0.05) is 32.3 Å². The Morgan fingerprint density at radius 1 is 1.25 bits per heavy atom. The number of likely N-dealkylation sites (N-methyl/N-ethyl adjacent to an activating group) is 1. The number of amides is 1. The summed E-state index contributed by atoms with van der Waals surface area (Å²) in [4.78, 5) is 14.2. The summed E-state index contributed by atoms with van der Waals surface area (Å²) in [5.74, 6) is 1.49. The van der Waals surface area contributed by atoms with Crippen molar-refractivity contribution in [2.45, 2.75) is 51.5 Å². The van der Waals surface area contributed by atoms with Gasteiger partial charge in [-0.15, -0.1) is 0 Å². The molecule has 0 atom stereocenters. The van der Waals surface area contributed by atoms with E-state index in [4.69, 9.17) is 9.47 Å². The SMILES string of the molecule is CCCOc1ccc(/C=C/C(=O)N(C)C2CCCCC2)cc1OC. The molecule has 24 heavy (non-hydrogen) atoms. The number of hydrogen-bond acceptors (Lipinski definition) is 3. The summed E-state index contributed by atoms with van der Waals surface area (Å²) in [6, 6.07) is 6.12. The molecular formula is C20H29NO3. The zero-order valence-corrected chi connectivity index (χ0v) is 15.1. The molecule has 4 nitrogen and oxygen atoms in total. The molecule has 0 aliphatic heterocycles. The Kier molecular flexibility index (Phi) is 7.16. The first-order valence-corrected chi connectivity index (χ1v) is 8.91. The Balaban J connectivity index is 2.00. The first kappa shape index (κ1) is 18.4. The number of rotatable bonds is 7. The number of ether oxygens (including phenoxy) is 2. The molecule has 1 amide bonds. The highest BCUT2D eigenvalue weighted by atomic mass is 16.5. The summed E-state index contributed by atoms with van der Waals surface area (Å²) < 4.78 is 11.0. The van der Waals surface area contributed by atoms with Crippen molar-refractivity contribution < 1.29 is 14.3 Å². The van der Waals surface area contributed by atoms with Crippen LogP contribution in [-0.2, 0) is 4.79 Å². The van der Waals surface area contributed by atoms with Crippen LogP contribution in [0.15, 0.2) is 24.3 Å². The minimum absolute atomic E-state index is 0.0622. The standard InChI is InChI=1S/C20H29NO3/c1-4-14-24-18-12-10-16(15-19(18)23-3)11-13-20(22)21(2)17-8-6-5-7-9-17/h10-13,15,17H,4-9,14H2,1-3H3/b13-11+. The molecular weight excluding hydrogens is 302 g/mol. The molecule has 1 saturated carbocycles. The fraction of sp³-hybridized carbons (Fsp3) is 0.550. The van der Waals surface area contributed by atoms with Crippen LogP contribution in [0.5, 0.6) is 11.5 Å². The first-order valence-electron chi connectivity index (χ1n) is 8.91. The third kappa shape index (κ3) is 5.02. The molecule has 1 aromatic carbocycles. The average Bonchev–Trinajstić information content (AvgIpc) is 2.64. The molecule has 1 fully saturated rings. The second kappa shape index (κ2) is 9.36. The average molecular weight is 331 g/mol. The van der Waals surface area contributed by atoms with Crippen LogP contribution in [0, 0.1) is 0 Å². The van der Waals surface area contributed by atoms with Crippen LogP contribution in [0.4, 0.5) is 0 Å². The number of carbonyl (C=O) groups excluding carboxylic acids is 1. The van der Waals surface area contributed by atoms with E-state index >= 15 is 0 Å². The summed E-state index contributed by atoms with van der Waals surface area (Å²) in [6.45, 7) is 2.73.